The van der Waals surface area contributed by atoms with E-state index in [9.17, 15) is 0 Å². The van der Waals surface area contributed by atoms with Gasteiger partial charge in [0.15, 0.2) is 0 Å². The second-order valence-corrected chi connectivity index (χ2v) is 10.2. The van der Waals surface area contributed by atoms with Gasteiger partial charge in [-0.05, 0) is 0 Å². The molecule has 1 saturated carbocycles. The van der Waals surface area contributed by atoms with Gasteiger partial charge in [-0.3, -0.25) is 0 Å². The third kappa shape index (κ3) is 3.92. The quantitative estimate of drug-likeness (QED) is 0.514. The van der Waals surface area contributed by atoms with Crippen molar-refractivity contribution in [2.45, 2.75) is 50.6 Å². The average Bonchev–Trinajstić information content (AvgIpc) is 2.40. The van der Waals surface area contributed by atoms with Gasteiger partial charge in [-0.2, -0.15) is 0 Å². The zero-order valence-corrected chi connectivity index (χ0v) is 14.1. The number of piperidine rings is 2. The van der Waals surface area contributed by atoms with E-state index in [0.717, 1.165) is 24.9 Å². The summed E-state index contributed by atoms with van der Waals surface area (Å²) in [5.41, 5.74) is 0. The molecule has 2 nitrogen and oxygen atoms in total. The molecule has 0 aromatic rings. The van der Waals surface area contributed by atoms with Crippen molar-refractivity contribution in [1.82, 2.24) is 0 Å². The van der Waals surface area contributed by atoms with E-state index in [2.05, 4.69) is 28.5 Å². The molecule has 0 spiro atoms. The van der Waals surface area contributed by atoms with E-state index in [4.69, 9.17) is 10.6 Å². The average molecular weight is 411 g/mol. The molecule has 0 aromatic heterocycles. The van der Waals surface area contributed by atoms with Crippen LogP contribution in [0.15, 0.2) is 0 Å². The van der Waals surface area contributed by atoms with E-state index < -0.39 is 0 Å². The zero-order chi connectivity index (χ0) is 12.1. The third-order valence-electron chi connectivity index (χ3n) is 4.37. The Labute approximate surface area is 125 Å². The van der Waals surface area contributed by atoms with Crippen LogP contribution in [-0.4, -0.2) is 25.2 Å². The SMILES string of the molecule is C1C[N-]C2C(C1)CCC1CCC[N-]C12.[Br][Ni+2][Br]. The summed E-state index contributed by atoms with van der Waals surface area (Å²) in [4.78, 5) is 0. The van der Waals surface area contributed by atoms with E-state index >= 15 is 0 Å². The van der Waals surface area contributed by atoms with Crippen molar-refractivity contribution < 1.29 is 10.9 Å². The number of fused-ring (bicyclic) bond motifs is 3. The summed E-state index contributed by atoms with van der Waals surface area (Å²) >= 11 is 6.00. The zero-order valence-electron chi connectivity index (χ0n) is 9.93. The van der Waals surface area contributed by atoms with Crippen LogP contribution in [0.5, 0.6) is 0 Å². The molecule has 0 amide bonds. The Balaban J connectivity index is 0.000000329. The van der Waals surface area contributed by atoms with E-state index in [1.807, 2.05) is 0 Å². The van der Waals surface area contributed by atoms with Crippen LogP contribution in [0.4, 0.5) is 0 Å². The molecule has 2 aliphatic heterocycles. The number of rotatable bonds is 0. The summed E-state index contributed by atoms with van der Waals surface area (Å²) in [6.45, 7) is 2.22. The molecular formula is C12H20Br2N2Ni. The van der Waals surface area contributed by atoms with Crippen molar-refractivity contribution >= 4 is 28.5 Å². The molecule has 3 rings (SSSR count). The van der Waals surface area contributed by atoms with Crippen LogP contribution in [-0.2, 0) is 10.9 Å². The number of halogens is 2. The minimum atomic E-state index is 0.628. The van der Waals surface area contributed by atoms with Crippen molar-refractivity contribution in [2.24, 2.45) is 11.8 Å². The Morgan fingerprint density at radius 3 is 1.59 bits per heavy atom. The van der Waals surface area contributed by atoms with Crippen molar-refractivity contribution in [1.29, 1.82) is 0 Å². The van der Waals surface area contributed by atoms with Crippen LogP contribution in [0.25, 0.3) is 10.6 Å². The van der Waals surface area contributed by atoms with Crippen LogP contribution >= 0.6 is 28.5 Å². The van der Waals surface area contributed by atoms with Crippen LogP contribution in [0.2, 0.25) is 0 Å². The predicted octanol–water partition coefficient (Wildman–Crippen LogP) is 4.77. The van der Waals surface area contributed by atoms with Crippen LogP contribution < -0.4 is 0 Å². The van der Waals surface area contributed by atoms with E-state index in [0.29, 0.717) is 12.1 Å². The molecule has 3 aliphatic rings. The number of nitrogens with zero attached hydrogens (tertiary/aromatic N) is 2. The molecule has 4 atom stereocenters. The summed E-state index contributed by atoms with van der Waals surface area (Å²) in [5.74, 6) is 1.79. The third-order valence-corrected chi connectivity index (χ3v) is 4.37. The molecular weight excluding hydrogens is 391 g/mol. The fourth-order valence-electron chi connectivity index (χ4n) is 3.66. The van der Waals surface area contributed by atoms with Crippen LogP contribution in [0.3, 0.4) is 0 Å². The second-order valence-electron chi connectivity index (χ2n) is 5.22. The van der Waals surface area contributed by atoms with Crippen LogP contribution in [0.1, 0.15) is 38.5 Å². The summed E-state index contributed by atoms with van der Waals surface area (Å²) in [6.07, 6.45) is 8.38. The maximum absolute atomic E-state index is 4.84. The van der Waals surface area contributed by atoms with E-state index in [-0.39, 0.29) is 0 Å². The Morgan fingerprint density at radius 1 is 0.765 bits per heavy atom. The topological polar surface area (TPSA) is 28.2 Å². The van der Waals surface area contributed by atoms with Crippen molar-refractivity contribution in [2.75, 3.05) is 13.1 Å². The molecule has 5 heteroatoms. The number of hydrogen-bond donors (Lipinski definition) is 0. The first kappa shape index (κ1) is 14.8. The van der Waals surface area contributed by atoms with Gasteiger partial charge in [0.05, 0.1) is 0 Å². The fourth-order valence-corrected chi connectivity index (χ4v) is 3.66. The van der Waals surface area contributed by atoms with Gasteiger partial charge in [0.25, 0.3) is 0 Å². The first-order valence-corrected chi connectivity index (χ1v) is 11.4. The predicted molar refractivity (Wildman–Crippen MR) is 76.6 cm³/mol. The Bertz CT molecular complexity index is 209. The van der Waals surface area contributed by atoms with Crippen molar-refractivity contribution in [3.05, 3.63) is 10.6 Å². The van der Waals surface area contributed by atoms with Gasteiger partial charge in [-0.15, -0.1) is 25.2 Å². The molecule has 3 fully saturated rings. The number of hydrogen-bond acceptors (Lipinski definition) is 0. The Morgan fingerprint density at radius 2 is 1.18 bits per heavy atom. The molecule has 4 unspecified atom stereocenters. The summed E-state index contributed by atoms with van der Waals surface area (Å²) < 4.78 is 0. The van der Waals surface area contributed by atoms with Gasteiger partial charge in [0.2, 0.25) is 0 Å². The monoisotopic (exact) mass is 408 g/mol. The first-order valence-electron chi connectivity index (χ1n) is 6.52. The Hall–Kier alpha value is 1.37. The van der Waals surface area contributed by atoms with Crippen molar-refractivity contribution in [3.63, 3.8) is 0 Å². The summed E-state index contributed by atoms with van der Waals surface area (Å²) in [6, 6.07) is 1.26. The Kier molecular flexibility index (Phi) is 6.81. The van der Waals surface area contributed by atoms with Crippen LogP contribution in [0, 0.1) is 11.8 Å². The minimum absolute atomic E-state index is 0.628. The van der Waals surface area contributed by atoms with E-state index in [1.54, 1.807) is 0 Å². The van der Waals surface area contributed by atoms with Gasteiger partial charge >= 0.3 is 39.3 Å². The molecule has 2 saturated heterocycles. The molecule has 102 valence electrons. The molecule has 1 aliphatic carbocycles. The molecule has 0 radical (unpaired) electrons. The van der Waals surface area contributed by atoms with Crippen molar-refractivity contribution in [3.8, 4) is 0 Å². The molecule has 2 heterocycles. The second kappa shape index (κ2) is 7.84. The molecule has 17 heavy (non-hydrogen) atoms. The van der Waals surface area contributed by atoms with Gasteiger partial charge < -0.3 is 10.6 Å². The maximum atomic E-state index is 4.84. The molecule has 0 N–H and O–H groups in total. The first-order chi connectivity index (χ1) is 8.36. The molecule has 0 aromatic carbocycles. The fraction of sp³-hybridized carbons (Fsp3) is 1.00. The standard InChI is InChI=1S/C12H20N2.2BrH.Ni/c1-3-9-5-6-10-4-2-8-14-12(10)11(9)13-7-1;;;/h9-12H,1-8H2;2*1H;/q-2;;;+4/p-2. The van der Waals surface area contributed by atoms with Gasteiger partial charge in [-0.25, -0.2) is 0 Å². The normalized spacial score (nSPS) is 40.8. The molecule has 0 bridgehead atoms. The van der Waals surface area contributed by atoms with E-state index in [1.165, 1.54) is 49.4 Å². The van der Waals surface area contributed by atoms with Gasteiger partial charge in [-0.1, -0.05) is 50.4 Å². The summed E-state index contributed by atoms with van der Waals surface area (Å²) in [7, 11) is 1.25. The van der Waals surface area contributed by atoms with Gasteiger partial charge in [0.1, 0.15) is 0 Å². The van der Waals surface area contributed by atoms with Gasteiger partial charge in [0, 0.05) is 0 Å². The summed E-state index contributed by atoms with van der Waals surface area (Å²) in [5, 5.41) is 9.68.